The van der Waals surface area contributed by atoms with Crippen LogP contribution in [0.5, 0.6) is 5.75 Å². The number of aliphatic hydroxyl groups is 1. The SMILES string of the molecule is COC(=O)c1ccc(COc2c(C)cccc2CO)cc1. The number of aryl methyl sites for hydroxylation is 1. The number of ether oxygens (including phenoxy) is 2. The number of hydrogen-bond donors (Lipinski definition) is 1. The summed E-state index contributed by atoms with van der Waals surface area (Å²) < 4.78 is 10.4. The summed E-state index contributed by atoms with van der Waals surface area (Å²) in [6.07, 6.45) is 0. The largest absolute Gasteiger partial charge is 0.488 e. The minimum absolute atomic E-state index is 0.0573. The van der Waals surface area contributed by atoms with Crippen molar-refractivity contribution in [3.63, 3.8) is 0 Å². The molecule has 0 aliphatic rings. The molecule has 0 saturated carbocycles. The zero-order valence-electron chi connectivity index (χ0n) is 12.1. The lowest BCUT2D eigenvalue weighted by Crippen LogP contribution is -2.03. The lowest BCUT2D eigenvalue weighted by molar-refractivity contribution is 0.0600. The monoisotopic (exact) mass is 286 g/mol. The highest BCUT2D eigenvalue weighted by atomic mass is 16.5. The molecule has 2 aromatic rings. The van der Waals surface area contributed by atoms with E-state index >= 15 is 0 Å². The lowest BCUT2D eigenvalue weighted by atomic mass is 10.1. The molecule has 0 spiro atoms. The topological polar surface area (TPSA) is 55.8 Å². The standard InChI is InChI=1S/C17H18O4/c1-12-4-3-5-15(10-18)16(12)21-11-13-6-8-14(9-7-13)17(19)20-2/h3-9,18H,10-11H2,1-2H3. The Morgan fingerprint density at radius 2 is 1.86 bits per heavy atom. The molecule has 0 amide bonds. The maximum Gasteiger partial charge on any atom is 0.337 e. The van der Waals surface area contributed by atoms with Crippen molar-refractivity contribution < 1.29 is 19.4 Å². The zero-order chi connectivity index (χ0) is 15.2. The summed E-state index contributed by atoms with van der Waals surface area (Å²) in [4.78, 5) is 11.4. The van der Waals surface area contributed by atoms with Crippen LogP contribution in [0.1, 0.15) is 27.0 Å². The first-order chi connectivity index (χ1) is 10.2. The van der Waals surface area contributed by atoms with Crippen molar-refractivity contribution in [2.75, 3.05) is 7.11 Å². The normalized spacial score (nSPS) is 10.2. The molecule has 0 saturated heterocycles. The van der Waals surface area contributed by atoms with Gasteiger partial charge in [-0.1, -0.05) is 30.3 Å². The van der Waals surface area contributed by atoms with Gasteiger partial charge in [-0.2, -0.15) is 0 Å². The summed E-state index contributed by atoms with van der Waals surface area (Å²) >= 11 is 0. The van der Waals surface area contributed by atoms with Crippen LogP contribution in [0.3, 0.4) is 0 Å². The third kappa shape index (κ3) is 3.61. The van der Waals surface area contributed by atoms with E-state index in [0.717, 1.165) is 16.7 Å². The van der Waals surface area contributed by atoms with Crippen molar-refractivity contribution >= 4 is 5.97 Å². The van der Waals surface area contributed by atoms with Crippen LogP contribution in [0.2, 0.25) is 0 Å². The van der Waals surface area contributed by atoms with Crippen molar-refractivity contribution in [3.05, 3.63) is 64.7 Å². The Bertz CT molecular complexity index is 617. The number of carbonyl (C=O) groups excluding carboxylic acids is 1. The molecule has 0 aliphatic carbocycles. The number of aliphatic hydroxyl groups excluding tert-OH is 1. The first-order valence-electron chi connectivity index (χ1n) is 6.65. The predicted molar refractivity (Wildman–Crippen MR) is 79.2 cm³/mol. The molecule has 2 aromatic carbocycles. The number of carbonyl (C=O) groups is 1. The van der Waals surface area contributed by atoms with Crippen molar-refractivity contribution in [2.24, 2.45) is 0 Å². The fourth-order valence-corrected chi connectivity index (χ4v) is 2.05. The van der Waals surface area contributed by atoms with E-state index in [4.69, 9.17) is 4.74 Å². The molecule has 0 bridgehead atoms. The molecule has 0 radical (unpaired) electrons. The Kier molecular flexibility index (Phi) is 4.95. The Morgan fingerprint density at radius 1 is 1.14 bits per heavy atom. The van der Waals surface area contributed by atoms with E-state index in [1.54, 1.807) is 12.1 Å². The molecular formula is C17H18O4. The van der Waals surface area contributed by atoms with Gasteiger partial charge in [-0.25, -0.2) is 4.79 Å². The summed E-state index contributed by atoms with van der Waals surface area (Å²) in [5, 5.41) is 9.33. The van der Waals surface area contributed by atoms with Crippen LogP contribution in [0.25, 0.3) is 0 Å². The van der Waals surface area contributed by atoms with E-state index in [2.05, 4.69) is 4.74 Å². The minimum atomic E-state index is -0.357. The van der Waals surface area contributed by atoms with Gasteiger partial charge >= 0.3 is 5.97 Å². The quantitative estimate of drug-likeness (QED) is 0.859. The number of rotatable bonds is 5. The van der Waals surface area contributed by atoms with Crippen LogP contribution in [0.15, 0.2) is 42.5 Å². The maximum absolute atomic E-state index is 11.4. The highest BCUT2D eigenvalue weighted by molar-refractivity contribution is 5.89. The van der Waals surface area contributed by atoms with E-state index in [1.165, 1.54) is 7.11 Å². The molecular weight excluding hydrogens is 268 g/mol. The molecule has 0 fully saturated rings. The second-order valence-electron chi connectivity index (χ2n) is 4.70. The van der Waals surface area contributed by atoms with Gasteiger partial charge in [0.2, 0.25) is 0 Å². The molecule has 1 N–H and O–H groups in total. The highest BCUT2D eigenvalue weighted by Crippen LogP contribution is 2.24. The minimum Gasteiger partial charge on any atom is -0.488 e. The van der Waals surface area contributed by atoms with Gasteiger partial charge in [0, 0.05) is 5.56 Å². The number of para-hydroxylation sites is 1. The van der Waals surface area contributed by atoms with Gasteiger partial charge in [-0.05, 0) is 30.2 Å². The van der Waals surface area contributed by atoms with E-state index in [1.807, 2.05) is 37.3 Å². The van der Waals surface area contributed by atoms with Crippen molar-refractivity contribution in [1.82, 2.24) is 0 Å². The Balaban J connectivity index is 2.08. The van der Waals surface area contributed by atoms with E-state index < -0.39 is 0 Å². The van der Waals surface area contributed by atoms with Crippen LogP contribution in [0.4, 0.5) is 0 Å². The molecule has 2 rings (SSSR count). The van der Waals surface area contributed by atoms with Crippen LogP contribution < -0.4 is 4.74 Å². The maximum atomic E-state index is 11.4. The highest BCUT2D eigenvalue weighted by Gasteiger charge is 2.08. The molecule has 0 aliphatic heterocycles. The van der Waals surface area contributed by atoms with Gasteiger partial charge in [0.1, 0.15) is 12.4 Å². The van der Waals surface area contributed by atoms with E-state index in [9.17, 15) is 9.90 Å². The smallest absolute Gasteiger partial charge is 0.337 e. The lowest BCUT2D eigenvalue weighted by Gasteiger charge is -2.13. The molecule has 0 heterocycles. The van der Waals surface area contributed by atoms with Crippen molar-refractivity contribution in [3.8, 4) is 5.75 Å². The summed E-state index contributed by atoms with van der Waals surface area (Å²) in [6, 6.07) is 12.7. The van der Waals surface area contributed by atoms with E-state index in [0.29, 0.717) is 17.9 Å². The summed E-state index contributed by atoms with van der Waals surface area (Å²) in [6.45, 7) is 2.26. The van der Waals surface area contributed by atoms with Crippen LogP contribution in [0, 0.1) is 6.92 Å². The second-order valence-corrected chi connectivity index (χ2v) is 4.70. The van der Waals surface area contributed by atoms with Gasteiger partial charge in [0.25, 0.3) is 0 Å². The van der Waals surface area contributed by atoms with Gasteiger partial charge in [-0.15, -0.1) is 0 Å². The fraction of sp³-hybridized carbons (Fsp3) is 0.235. The summed E-state index contributed by atoms with van der Waals surface area (Å²) in [5.74, 6) is 0.348. The molecule has 110 valence electrons. The molecule has 4 nitrogen and oxygen atoms in total. The number of esters is 1. The van der Waals surface area contributed by atoms with Crippen LogP contribution in [-0.2, 0) is 18.0 Å². The number of methoxy groups -OCH3 is 1. The molecule has 0 aromatic heterocycles. The average molecular weight is 286 g/mol. The molecule has 0 unspecified atom stereocenters. The van der Waals surface area contributed by atoms with Crippen LogP contribution in [-0.4, -0.2) is 18.2 Å². The molecule has 0 atom stereocenters. The fourth-order valence-electron chi connectivity index (χ4n) is 2.05. The third-order valence-electron chi connectivity index (χ3n) is 3.22. The van der Waals surface area contributed by atoms with E-state index in [-0.39, 0.29) is 12.6 Å². The van der Waals surface area contributed by atoms with Gasteiger partial charge in [0.05, 0.1) is 19.3 Å². The summed E-state index contributed by atoms with van der Waals surface area (Å²) in [7, 11) is 1.36. The van der Waals surface area contributed by atoms with Crippen LogP contribution >= 0.6 is 0 Å². The Morgan fingerprint density at radius 3 is 2.48 bits per heavy atom. The average Bonchev–Trinajstić information content (AvgIpc) is 2.53. The summed E-state index contributed by atoms with van der Waals surface area (Å²) in [5.41, 5.74) is 3.19. The van der Waals surface area contributed by atoms with Gasteiger partial charge in [-0.3, -0.25) is 0 Å². The van der Waals surface area contributed by atoms with Crippen molar-refractivity contribution in [1.29, 1.82) is 0 Å². The van der Waals surface area contributed by atoms with Gasteiger partial charge in [0.15, 0.2) is 0 Å². The number of benzene rings is 2. The zero-order valence-corrected chi connectivity index (χ0v) is 12.1. The van der Waals surface area contributed by atoms with Crippen molar-refractivity contribution in [2.45, 2.75) is 20.1 Å². The Labute approximate surface area is 123 Å². The van der Waals surface area contributed by atoms with Gasteiger partial charge < -0.3 is 14.6 Å². The Hall–Kier alpha value is -2.33. The first kappa shape index (κ1) is 15.1. The second kappa shape index (κ2) is 6.90. The molecule has 21 heavy (non-hydrogen) atoms. The first-order valence-corrected chi connectivity index (χ1v) is 6.65. The predicted octanol–water partition coefficient (Wildman–Crippen LogP) is 2.85. The number of hydrogen-bond acceptors (Lipinski definition) is 4. The third-order valence-corrected chi connectivity index (χ3v) is 3.22. The molecule has 4 heteroatoms.